The van der Waals surface area contributed by atoms with Gasteiger partial charge in [-0.15, -0.1) is 0 Å². The Bertz CT molecular complexity index is 274. The third-order valence-electron chi connectivity index (χ3n) is 2.54. The first-order valence-corrected chi connectivity index (χ1v) is 4.00. The number of phenolic OH excluding ortho intramolecular Hbond substituents is 1. The molecule has 1 nitrogen and oxygen atoms in total. The Morgan fingerprint density at radius 2 is 2.09 bits per heavy atom. The molecule has 0 heterocycles. The lowest BCUT2D eigenvalue weighted by Gasteiger charge is -2.07. The number of hydrogen-bond donors (Lipinski definition) is 1. The van der Waals surface area contributed by atoms with Crippen LogP contribution >= 0.6 is 0 Å². The van der Waals surface area contributed by atoms with Crippen molar-refractivity contribution < 1.29 is 5.11 Å². The van der Waals surface area contributed by atoms with Crippen LogP contribution in [-0.2, 0) is 5.41 Å². The van der Waals surface area contributed by atoms with Crippen LogP contribution < -0.4 is 0 Å². The predicted molar refractivity (Wildman–Crippen MR) is 44.7 cm³/mol. The van der Waals surface area contributed by atoms with Gasteiger partial charge in [0.05, 0.1) is 0 Å². The Hall–Kier alpha value is -0.980. The fourth-order valence-corrected chi connectivity index (χ4v) is 1.36. The van der Waals surface area contributed by atoms with Crippen LogP contribution in [0.25, 0.3) is 0 Å². The molecule has 1 aliphatic rings. The number of aromatic hydroxyl groups is 1. The molecular formula is C10H12O. The topological polar surface area (TPSA) is 20.2 Å². The summed E-state index contributed by atoms with van der Waals surface area (Å²) in [5.41, 5.74) is 1.65. The molecule has 0 amide bonds. The van der Waals surface area contributed by atoms with Crippen molar-refractivity contribution in [1.29, 1.82) is 0 Å². The van der Waals surface area contributed by atoms with E-state index in [-0.39, 0.29) is 0 Å². The molecule has 0 spiro atoms. The zero-order chi connectivity index (χ0) is 7.90. The largest absolute Gasteiger partial charge is 0.508 e. The molecule has 1 N–H and O–H groups in total. The highest BCUT2D eigenvalue weighted by atomic mass is 16.3. The van der Waals surface area contributed by atoms with E-state index in [1.165, 1.54) is 18.4 Å². The number of phenols is 1. The van der Waals surface area contributed by atoms with Crippen LogP contribution in [0, 0.1) is 0 Å². The van der Waals surface area contributed by atoms with Crippen molar-refractivity contribution in [1.82, 2.24) is 0 Å². The average molecular weight is 148 g/mol. The highest BCUT2D eigenvalue weighted by Crippen LogP contribution is 2.47. The second-order valence-corrected chi connectivity index (χ2v) is 3.61. The van der Waals surface area contributed by atoms with Crippen LogP contribution in [0.3, 0.4) is 0 Å². The molecule has 0 saturated heterocycles. The first-order chi connectivity index (χ1) is 5.21. The van der Waals surface area contributed by atoms with Crippen molar-refractivity contribution >= 4 is 0 Å². The van der Waals surface area contributed by atoms with E-state index in [1.54, 1.807) is 6.07 Å². The van der Waals surface area contributed by atoms with Gasteiger partial charge in [-0.05, 0) is 36.0 Å². The van der Waals surface area contributed by atoms with Crippen molar-refractivity contribution in [2.24, 2.45) is 0 Å². The van der Waals surface area contributed by atoms with E-state index in [4.69, 9.17) is 0 Å². The summed E-state index contributed by atoms with van der Waals surface area (Å²) in [6, 6.07) is 7.59. The minimum Gasteiger partial charge on any atom is -0.508 e. The molecule has 0 radical (unpaired) electrons. The molecule has 1 heteroatoms. The highest BCUT2D eigenvalue weighted by Gasteiger charge is 2.38. The minimum absolute atomic E-state index is 0.374. The molecule has 58 valence electrons. The summed E-state index contributed by atoms with van der Waals surface area (Å²) in [4.78, 5) is 0. The standard InChI is InChI=1S/C10H12O/c1-10(5-6-10)8-3-2-4-9(11)7-8/h2-4,7,11H,5-6H2,1H3. The van der Waals surface area contributed by atoms with Crippen LogP contribution in [0.5, 0.6) is 5.75 Å². The van der Waals surface area contributed by atoms with Gasteiger partial charge < -0.3 is 5.11 Å². The Labute approximate surface area is 66.7 Å². The molecule has 1 fully saturated rings. The van der Waals surface area contributed by atoms with Crippen molar-refractivity contribution in [3.8, 4) is 5.75 Å². The van der Waals surface area contributed by atoms with Crippen molar-refractivity contribution in [2.75, 3.05) is 0 Å². The Balaban J connectivity index is 2.38. The summed E-state index contributed by atoms with van der Waals surface area (Å²) in [5.74, 6) is 0.385. The van der Waals surface area contributed by atoms with Gasteiger partial charge in [-0.3, -0.25) is 0 Å². The minimum atomic E-state index is 0.374. The monoisotopic (exact) mass is 148 g/mol. The summed E-state index contributed by atoms with van der Waals surface area (Å²) in [7, 11) is 0. The third-order valence-corrected chi connectivity index (χ3v) is 2.54. The van der Waals surface area contributed by atoms with E-state index in [1.807, 2.05) is 12.1 Å². The van der Waals surface area contributed by atoms with Crippen molar-refractivity contribution in [3.63, 3.8) is 0 Å². The molecule has 2 rings (SSSR count). The second kappa shape index (κ2) is 2.00. The molecule has 1 aromatic rings. The summed E-state index contributed by atoms with van der Waals surface area (Å²) in [6.45, 7) is 2.24. The van der Waals surface area contributed by atoms with Gasteiger partial charge in [-0.1, -0.05) is 19.1 Å². The van der Waals surface area contributed by atoms with Gasteiger partial charge in [0, 0.05) is 0 Å². The lowest BCUT2D eigenvalue weighted by molar-refractivity contribution is 0.473. The summed E-state index contributed by atoms with van der Waals surface area (Å²) < 4.78 is 0. The number of rotatable bonds is 1. The van der Waals surface area contributed by atoms with E-state index < -0.39 is 0 Å². The normalized spacial score (nSPS) is 19.7. The lowest BCUT2D eigenvalue weighted by Crippen LogP contribution is -1.97. The van der Waals surface area contributed by atoms with Crippen LogP contribution in [0.2, 0.25) is 0 Å². The maximum absolute atomic E-state index is 9.20. The van der Waals surface area contributed by atoms with Gasteiger partial charge in [0.15, 0.2) is 0 Å². The van der Waals surface area contributed by atoms with E-state index in [0.717, 1.165) is 0 Å². The van der Waals surface area contributed by atoms with E-state index in [9.17, 15) is 5.11 Å². The Kier molecular flexibility index (Phi) is 1.22. The maximum atomic E-state index is 9.20. The molecule has 1 saturated carbocycles. The molecule has 0 aromatic heterocycles. The van der Waals surface area contributed by atoms with Gasteiger partial charge in [-0.25, -0.2) is 0 Å². The van der Waals surface area contributed by atoms with E-state index in [0.29, 0.717) is 11.2 Å². The van der Waals surface area contributed by atoms with E-state index >= 15 is 0 Å². The van der Waals surface area contributed by atoms with Crippen molar-refractivity contribution in [3.05, 3.63) is 29.8 Å². The number of benzene rings is 1. The molecule has 11 heavy (non-hydrogen) atoms. The summed E-state index contributed by atoms with van der Waals surface area (Å²) in [6.07, 6.45) is 2.52. The summed E-state index contributed by atoms with van der Waals surface area (Å²) >= 11 is 0. The zero-order valence-electron chi connectivity index (χ0n) is 6.67. The molecule has 0 atom stereocenters. The fraction of sp³-hybridized carbons (Fsp3) is 0.400. The fourth-order valence-electron chi connectivity index (χ4n) is 1.36. The Morgan fingerprint density at radius 3 is 2.64 bits per heavy atom. The maximum Gasteiger partial charge on any atom is 0.115 e. The predicted octanol–water partition coefficient (Wildman–Crippen LogP) is 2.44. The van der Waals surface area contributed by atoms with Gasteiger partial charge in [0.2, 0.25) is 0 Å². The van der Waals surface area contributed by atoms with Gasteiger partial charge in [-0.2, -0.15) is 0 Å². The molecule has 1 aliphatic carbocycles. The molecule has 0 aliphatic heterocycles. The van der Waals surface area contributed by atoms with Crippen LogP contribution in [0.15, 0.2) is 24.3 Å². The smallest absolute Gasteiger partial charge is 0.115 e. The first kappa shape index (κ1) is 6.71. The zero-order valence-corrected chi connectivity index (χ0v) is 6.67. The van der Waals surface area contributed by atoms with Crippen LogP contribution in [0.1, 0.15) is 25.3 Å². The third kappa shape index (κ3) is 1.11. The quantitative estimate of drug-likeness (QED) is 0.648. The Morgan fingerprint density at radius 1 is 1.36 bits per heavy atom. The van der Waals surface area contributed by atoms with Gasteiger partial charge >= 0.3 is 0 Å². The first-order valence-electron chi connectivity index (χ1n) is 4.00. The second-order valence-electron chi connectivity index (χ2n) is 3.61. The number of hydrogen-bond acceptors (Lipinski definition) is 1. The van der Waals surface area contributed by atoms with Crippen LogP contribution in [0.4, 0.5) is 0 Å². The molecule has 0 bridgehead atoms. The van der Waals surface area contributed by atoms with Gasteiger partial charge in [0.1, 0.15) is 5.75 Å². The van der Waals surface area contributed by atoms with Gasteiger partial charge in [0.25, 0.3) is 0 Å². The average Bonchev–Trinajstić information content (AvgIpc) is 2.70. The van der Waals surface area contributed by atoms with Crippen LogP contribution in [-0.4, -0.2) is 5.11 Å². The molecular weight excluding hydrogens is 136 g/mol. The molecule has 1 aromatic carbocycles. The highest BCUT2D eigenvalue weighted by molar-refractivity contribution is 5.35. The molecule has 0 unspecified atom stereocenters. The SMILES string of the molecule is CC1(c2cccc(O)c2)CC1. The van der Waals surface area contributed by atoms with E-state index in [2.05, 4.69) is 13.0 Å². The lowest BCUT2D eigenvalue weighted by atomic mass is 9.98. The van der Waals surface area contributed by atoms with Crippen molar-refractivity contribution in [2.45, 2.75) is 25.2 Å². The summed E-state index contributed by atoms with van der Waals surface area (Å²) in [5, 5.41) is 9.20.